The maximum atomic E-state index is 11.0. The molecule has 1 N–H and O–H groups in total. The molecule has 0 radical (unpaired) electrons. The molecule has 0 spiro atoms. The molecule has 0 aliphatic heterocycles. The van der Waals surface area contributed by atoms with E-state index in [0.717, 1.165) is 5.56 Å². The number of hydrogen-bond acceptors (Lipinski definition) is 3. The fourth-order valence-corrected chi connectivity index (χ4v) is 1.99. The van der Waals surface area contributed by atoms with Crippen molar-refractivity contribution in [3.63, 3.8) is 0 Å². The van der Waals surface area contributed by atoms with E-state index in [9.17, 15) is 4.79 Å². The molecule has 0 atom stereocenters. The van der Waals surface area contributed by atoms with E-state index >= 15 is 0 Å². The summed E-state index contributed by atoms with van der Waals surface area (Å²) >= 11 is 0. The second-order valence-corrected chi connectivity index (χ2v) is 4.68. The highest BCUT2D eigenvalue weighted by molar-refractivity contribution is 5.88. The van der Waals surface area contributed by atoms with E-state index in [1.807, 2.05) is 38.1 Å². The quantitative estimate of drug-likeness (QED) is 0.880. The fraction of sp³-hybridized carbons (Fsp3) is 0.235. The number of ether oxygens (including phenoxy) is 2. The second kappa shape index (κ2) is 6.79. The second-order valence-electron chi connectivity index (χ2n) is 4.68. The largest absolute Gasteiger partial charge is 0.490 e. The standard InChI is InChI=1S/C17H18O4/c1-3-20-16-10-14(17(18)19)7-8-15(16)21-11-13-6-4-5-12(2)9-13/h4-10H,3,11H2,1-2H3,(H,18,19). The van der Waals surface area contributed by atoms with Crippen LogP contribution in [-0.4, -0.2) is 17.7 Å². The predicted molar refractivity (Wildman–Crippen MR) is 80.1 cm³/mol. The van der Waals surface area contributed by atoms with Gasteiger partial charge < -0.3 is 14.6 Å². The first kappa shape index (κ1) is 14.9. The van der Waals surface area contributed by atoms with Gasteiger partial charge in [-0.1, -0.05) is 29.8 Å². The summed E-state index contributed by atoms with van der Waals surface area (Å²) in [6, 6.07) is 12.7. The molecule has 0 bridgehead atoms. The van der Waals surface area contributed by atoms with Crippen molar-refractivity contribution in [1.29, 1.82) is 0 Å². The number of benzene rings is 2. The van der Waals surface area contributed by atoms with E-state index < -0.39 is 5.97 Å². The Morgan fingerprint density at radius 3 is 2.57 bits per heavy atom. The van der Waals surface area contributed by atoms with Crippen molar-refractivity contribution >= 4 is 5.97 Å². The van der Waals surface area contributed by atoms with Gasteiger partial charge in [0.25, 0.3) is 0 Å². The minimum absolute atomic E-state index is 0.182. The lowest BCUT2D eigenvalue weighted by Gasteiger charge is -2.12. The molecule has 4 nitrogen and oxygen atoms in total. The lowest BCUT2D eigenvalue weighted by atomic mass is 10.1. The zero-order valence-electron chi connectivity index (χ0n) is 12.1. The lowest BCUT2D eigenvalue weighted by Crippen LogP contribution is -2.02. The molecule has 2 aromatic rings. The molecule has 4 heteroatoms. The molecule has 0 amide bonds. The van der Waals surface area contributed by atoms with Gasteiger partial charge in [-0.3, -0.25) is 0 Å². The van der Waals surface area contributed by atoms with Crippen LogP contribution < -0.4 is 9.47 Å². The van der Waals surface area contributed by atoms with Crippen LogP contribution in [0.3, 0.4) is 0 Å². The van der Waals surface area contributed by atoms with Crippen molar-refractivity contribution in [2.24, 2.45) is 0 Å². The molecule has 0 aliphatic carbocycles. The Morgan fingerprint density at radius 2 is 1.90 bits per heavy atom. The summed E-state index contributed by atoms with van der Waals surface area (Å²) in [5.74, 6) is 0.00889. The summed E-state index contributed by atoms with van der Waals surface area (Å²) in [7, 11) is 0. The molecule has 0 fully saturated rings. The van der Waals surface area contributed by atoms with Crippen molar-refractivity contribution < 1.29 is 19.4 Å². The molecule has 0 heterocycles. The molecule has 110 valence electrons. The van der Waals surface area contributed by atoms with E-state index in [1.54, 1.807) is 6.07 Å². The van der Waals surface area contributed by atoms with Gasteiger partial charge in [0.15, 0.2) is 11.5 Å². The topological polar surface area (TPSA) is 55.8 Å². The fourth-order valence-electron chi connectivity index (χ4n) is 1.99. The first-order valence-electron chi connectivity index (χ1n) is 6.78. The Bertz CT molecular complexity index is 634. The minimum atomic E-state index is -0.985. The van der Waals surface area contributed by atoms with Crippen molar-refractivity contribution in [3.8, 4) is 11.5 Å². The van der Waals surface area contributed by atoms with Crippen LogP contribution in [0, 0.1) is 6.92 Å². The van der Waals surface area contributed by atoms with Crippen molar-refractivity contribution in [3.05, 3.63) is 59.2 Å². The van der Waals surface area contributed by atoms with Gasteiger partial charge in [0.2, 0.25) is 0 Å². The lowest BCUT2D eigenvalue weighted by molar-refractivity contribution is 0.0696. The normalized spacial score (nSPS) is 10.2. The number of aryl methyl sites for hydroxylation is 1. The summed E-state index contributed by atoms with van der Waals surface area (Å²) in [4.78, 5) is 11.0. The van der Waals surface area contributed by atoms with Gasteiger partial charge >= 0.3 is 5.97 Å². The average molecular weight is 286 g/mol. The number of rotatable bonds is 6. The van der Waals surface area contributed by atoms with Gasteiger partial charge in [-0.25, -0.2) is 4.79 Å². The molecule has 21 heavy (non-hydrogen) atoms. The number of carbonyl (C=O) groups is 1. The molecule has 0 aliphatic rings. The van der Waals surface area contributed by atoms with E-state index in [1.165, 1.54) is 17.7 Å². The maximum Gasteiger partial charge on any atom is 0.335 e. The zero-order chi connectivity index (χ0) is 15.2. The zero-order valence-corrected chi connectivity index (χ0v) is 12.1. The molecule has 0 aromatic heterocycles. The van der Waals surface area contributed by atoms with Crippen molar-refractivity contribution in [1.82, 2.24) is 0 Å². The smallest absolute Gasteiger partial charge is 0.335 e. The van der Waals surface area contributed by atoms with Gasteiger partial charge in [-0.2, -0.15) is 0 Å². The van der Waals surface area contributed by atoms with Gasteiger partial charge in [0.1, 0.15) is 6.61 Å². The van der Waals surface area contributed by atoms with Crippen LogP contribution >= 0.6 is 0 Å². The third-order valence-corrected chi connectivity index (χ3v) is 2.97. The van der Waals surface area contributed by atoms with E-state index in [2.05, 4.69) is 0 Å². The van der Waals surface area contributed by atoms with Gasteiger partial charge in [0.05, 0.1) is 12.2 Å². The van der Waals surface area contributed by atoms with Gasteiger partial charge in [0, 0.05) is 0 Å². The third-order valence-electron chi connectivity index (χ3n) is 2.97. The van der Waals surface area contributed by atoms with Crippen LogP contribution in [0.5, 0.6) is 11.5 Å². The minimum Gasteiger partial charge on any atom is -0.490 e. The summed E-state index contributed by atoms with van der Waals surface area (Å²) in [6.07, 6.45) is 0. The first-order valence-corrected chi connectivity index (χ1v) is 6.78. The van der Waals surface area contributed by atoms with Crippen LogP contribution in [0.15, 0.2) is 42.5 Å². The average Bonchev–Trinajstić information content (AvgIpc) is 2.46. The van der Waals surface area contributed by atoms with Crippen LogP contribution in [0.1, 0.15) is 28.4 Å². The Balaban J connectivity index is 2.16. The van der Waals surface area contributed by atoms with Gasteiger partial charge in [-0.05, 0) is 37.6 Å². The SMILES string of the molecule is CCOc1cc(C(=O)O)ccc1OCc1cccc(C)c1. The Morgan fingerprint density at radius 1 is 1.10 bits per heavy atom. The van der Waals surface area contributed by atoms with E-state index in [0.29, 0.717) is 24.7 Å². The molecule has 0 saturated carbocycles. The molecule has 0 saturated heterocycles. The van der Waals surface area contributed by atoms with E-state index in [-0.39, 0.29) is 5.56 Å². The summed E-state index contributed by atoms with van der Waals surface area (Å²) in [5, 5.41) is 9.01. The molecular formula is C17H18O4. The molecule has 0 unspecified atom stereocenters. The Labute approximate surface area is 123 Å². The summed E-state index contributed by atoms with van der Waals surface area (Å²) < 4.78 is 11.2. The molecule has 2 rings (SSSR count). The number of carboxylic acid groups (broad SMARTS) is 1. The first-order chi connectivity index (χ1) is 10.1. The van der Waals surface area contributed by atoms with E-state index in [4.69, 9.17) is 14.6 Å². The van der Waals surface area contributed by atoms with Crippen molar-refractivity contribution in [2.75, 3.05) is 6.61 Å². The maximum absolute atomic E-state index is 11.0. The molecule has 2 aromatic carbocycles. The van der Waals surface area contributed by atoms with Crippen LogP contribution in [0.4, 0.5) is 0 Å². The highest BCUT2D eigenvalue weighted by Crippen LogP contribution is 2.29. The third kappa shape index (κ3) is 3.99. The number of hydrogen-bond donors (Lipinski definition) is 1. The van der Waals surface area contributed by atoms with Crippen LogP contribution in [0.2, 0.25) is 0 Å². The summed E-state index contributed by atoms with van der Waals surface area (Å²) in [5.41, 5.74) is 2.41. The Kier molecular flexibility index (Phi) is 4.82. The van der Waals surface area contributed by atoms with Crippen LogP contribution in [-0.2, 0) is 6.61 Å². The predicted octanol–water partition coefficient (Wildman–Crippen LogP) is 3.67. The number of aromatic carboxylic acids is 1. The summed E-state index contributed by atoms with van der Waals surface area (Å²) in [6.45, 7) is 4.73. The highest BCUT2D eigenvalue weighted by Gasteiger charge is 2.10. The number of carboxylic acids is 1. The van der Waals surface area contributed by atoms with Crippen LogP contribution in [0.25, 0.3) is 0 Å². The van der Waals surface area contributed by atoms with Crippen molar-refractivity contribution in [2.45, 2.75) is 20.5 Å². The highest BCUT2D eigenvalue weighted by atomic mass is 16.5. The van der Waals surface area contributed by atoms with Gasteiger partial charge in [-0.15, -0.1) is 0 Å². The Hall–Kier alpha value is -2.49. The monoisotopic (exact) mass is 286 g/mol. The molecular weight excluding hydrogens is 268 g/mol.